The van der Waals surface area contributed by atoms with Gasteiger partial charge in [-0.2, -0.15) is 0 Å². The van der Waals surface area contributed by atoms with Crippen LogP contribution in [0.5, 0.6) is 0 Å². The van der Waals surface area contributed by atoms with Crippen LogP contribution in [0.2, 0.25) is 0 Å². The van der Waals surface area contributed by atoms with Crippen molar-refractivity contribution in [2.45, 2.75) is 33.4 Å². The minimum absolute atomic E-state index is 0.113. The third kappa shape index (κ3) is 3.24. The highest BCUT2D eigenvalue weighted by molar-refractivity contribution is 5.84. The summed E-state index contributed by atoms with van der Waals surface area (Å²) in [7, 11) is 0. The minimum Gasteiger partial charge on any atom is -0.459 e. The second-order valence-corrected chi connectivity index (χ2v) is 6.96. The Balaban J connectivity index is 1.63. The summed E-state index contributed by atoms with van der Waals surface area (Å²) in [6.07, 6.45) is 0. The van der Waals surface area contributed by atoms with Crippen LogP contribution >= 0.6 is 0 Å². The van der Waals surface area contributed by atoms with Crippen LogP contribution in [-0.2, 0) is 16.1 Å². The number of para-hydroxylation sites is 2. The van der Waals surface area contributed by atoms with Gasteiger partial charge in [0.2, 0.25) is 0 Å². The SMILES string of the molecule is Cc1ccc2c(COC(=O)C(C)n3c(=O)oc4ccccc43)cc(=O)oc2c1C. The Bertz CT molecular complexity index is 1360. The van der Waals surface area contributed by atoms with Crippen molar-refractivity contribution in [2.75, 3.05) is 0 Å². The van der Waals surface area contributed by atoms with E-state index in [1.165, 1.54) is 10.6 Å². The Hall–Kier alpha value is -3.61. The summed E-state index contributed by atoms with van der Waals surface area (Å²) in [5, 5.41) is 0.707. The lowest BCUT2D eigenvalue weighted by Crippen LogP contribution is -2.26. The number of fused-ring (bicyclic) bond motifs is 2. The largest absolute Gasteiger partial charge is 0.459 e. The van der Waals surface area contributed by atoms with Crippen LogP contribution in [-0.4, -0.2) is 10.5 Å². The lowest BCUT2D eigenvalue weighted by Gasteiger charge is -2.13. The highest BCUT2D eigenvalue weighted by atomic mass is 16.5. The van der Waals surface area contributed by atoms with Gasteiger partial charge in [-0.15, -0.1) is 0 Å². The molecule has 29 heavy (non-hydrogen) atoms. The molecule has 0 saturated carbocycles. The van der Waals surface area contributed by atoms with Crippen LogP contribution in [0.3, 0.4) is 0 Å². The Morgan fingerprint density at radius 3 is 2.66 bits per heavy atom. The molecule has 4 rings (SSSR count). The van der Waals surface area contributed by atoms with E-state index in [1.54, 1.807) is 31.2 Å². The van der Waals surface area contributed by atoms with Gasteiger partial charge in [0.25, 0.3) is 0 Å². The van der Waals surface area contributed by atoms with Crippen LogP contribution in [0.4, 0.5) is 0 Å². The number of oxazole rings is 1. The zero-order valence-corrected chi connectivity index (χ0v) is 16.2. The number of aryl methyl sites for hydroxylation is 2. The minimum atomic E-state index is -0.887. The van der Waals surface area contributed by atoms with Gasteiger partial charge in [0.05, 0.1) is 5.52 Å². The van der Waals surface area contributed by atoms with E-state index in [2.05, 4.69) is 0 Å². The maximum absolute atomic E-state index is 12.6. The molecule has 0 N–H and O–H groups in total. The maximum Gasteiger partial charge on any atom is 0.420 e. The predicted octanol–water partition coefficient (Wildman–Crippen LogP) is 3.62. The van der Waals surface area contributed by atoms with Gasteiger partial charge in [-0.25, -0.2) is 14.4 Å². The van der Waals surface area contributed by atoms with Gasteiger partial charge in [0.15, 0.2) is 5.58 Å². The zero-order chi connectivity index (χ0) is 20.7. The van der Waals surface area contributed by atoms with Gasteiger partial charge in [0.1, 0.15) is 18.2 Å². The molecule has 2 aromatic carbocycles. The predicted molar refractivity (Wildman–Crippen MR) is 107 cm³/mol. The first kappa shape index (κ1) is 18.7. The molecule has 0 spiro atoms. The number of nitrogens with zero attached hydrogens (tertiary/aromatic N) is 1. The second-order valence-electron chi connectivity index (χ2n) is 6.96. The van der Waals surface area contributed by atoms with Gasteiger partial charge in [-0.05, 0) is 44.0 Å². The van der Waals surface area contributed by atoms with Crippen molar-refractivity contribution in [3.63, 3.8) is 0 Å². The average molecular weight is 393 g/mol. The van der Waals surface area contributed by atoms with Gasteiger partial charge >= 0.3 is 17.4 Å². The van der Waals surface area contributed by atoms with Gasteiger partial charge < -0.3 is 13.6 Å². The molecule has 4 aromatic rings. The van der Waals surface area contributed by atoms with E-state index in [-0.39, 0.29) is 6.61 Å². The highest BCUT2D eigenvalue weighted by Crippen LogP contribution is 2.24. The first-order chi connectivity index (χ1) is 13.9. The van der Waals surface area contributed by atoms with Crippen molar-refractivity contribution >= 4 is 28.0 Å². The van der Waals surface area contributed by atoms with Crippen molar-refractivity contribution in [3.05, 3.63) is 80.1 Å². The Morgan fingerprint density at radius 2 is 1.86 bits per heavy atom. The van der Waals surface area contributed by atoms with Crippen molar-refractivity contribution in [1.82, 2.24) is 4.57 Å². The van der Waals surface area contributed by atoms with Gasteiger partial charge in [0, 0.05) is 17.0 Å². The summed E-state index contributed by atoms with van der Waals surface area (Å²) in [5.74, 6) is -1.24. The Morgan fingerprint density at radius 1 is 1.10 bits per heavy atom. The molecule has 0 aliphatic heterocycles. The summed E-state index contributed by atoms with van der Waals surface area (Å²) < 4.78 is 17.2. The lowest BCUT2D eigenvalue weighted by atomic mass is 10.0. The van der Waals surface area contributed by atoms with E-state index in [4.69, 9.17) is 13.6 Å². The average Bonchev–Trinajstić information content (AvgIpc) is 3.04. The van der Waals surface area contributed by atoms with Crippen LogP contribution in [0.15, 0.2) is 60.9 Å². The summed E-state index contributed by atoms with van der Waals surface area (Å²) in [5.41, 5.74) is 3.28. The van der Waals surface area contributed by atoms with Crippen LogP contribution in [0.25, 0.3) is 22.1 Å². The van der Waals surface area contributed by atoms with Crippen molar-refractivity contribution in [1.29, 1.82) is 0 Å². The number of hydrogen-bond acceptors (Lipinski definition) is 6. The van der Waals surface area contributed by atoms with E-state index in [0.717, 1.165) is 11.1 Å². The first-order valence-electron chi connectivity index (χ1n) is 9.16. The molecule has 0 amide bonds. The zero-order valence-electron chi connectivity index (χ0n) is 16.2. The fraction of sp³-hybridized carbons (Fsp3) is 0.227. The van der Waals surface area contributed by atoms with E-state index in [1.807, 2.05) is 26.0 Å². The number of esters is 1. The quantitative estimate of drug-likeness (QED) is 0.388. The van der Waals surface area contributed by atoms with E-state index >= 15 is 0 Å². The monoisotopic (exact) mass is 393 g/mol. The van der Waals surface area contributed by atoms with Crippen LogP contribution in [0.1, 0.15) is 29.7 Å². The highest BCUT2D eigenvalue weighted by Gasteiger charge is 2.23. The molecular formula is C22H19NO6. The molecule has 0 fully saturated rings. The normalized spacial score (nSPS) is 12.4. The Kier molecular flexibility index (Phi) is 4.58. The van der Waals surface area contributed by atoms with Crippen LogP contribution < -0.4 is 11.4 Å². The summed E-state index contributed by atoms with van der Waals surface area (Å²) in [4.78, 5) is 36.8. The fourth-order valence-corrected chi connectivity index (χ4v) is 3.37. The number of benzene rings is 2. The number of carbonyl (C=O) groups is 1. The number of hydrogen-bond donors (Lipinski definition) is 0. The molecule has 148 valence electrons. The first-order valence-corrected chi connectivity index (χ1v) is 9.16. The number of carbonyl (C=O) groups excluding carboxylic acids is 1. The molecule has 2 heterocycles. The number of rotatable bonds is 4. The molecule has 0 aliphatic rings. The van der Waals surface area contributed by atoms with E-state index in [0.29, 0.717) is 27.6 Å². The molecule has 0 bridgehead atoms. The maximum atomic E-state index is 12.6. The Labute approximate surface area is 165 Å². The molecule has 7 heteroatoms. The second kappa shape index (κ2) is 7.09. The third-order valence-corrected chi connectivity index (χ3v) is 5.13. The molecule has 7 nitrogen and oxygen atoms in total. The summed E-state index contributed by atoms with van der Waals surface area (Å²) in [6.45, 7) is 5.25. The molecule has 1 unspecified atom stereocenters. The molecular weight excluding hydrogens is 374 g/mol. The lowest BCUT2D eigenvalue weighted by molar-refractivity contribution is -0.148. The molecule has 0 radical (unpaired) electrons. The molecule has 2 aromatic heterocycles. The molecule has 0 saturated heterocycles. The van der Waals surface area contributed by atoms with E-state index < -0.39 is 23.4 Å². The summed E-state index contributed by atoms with van der Waals surface area (Å²) >= 11 is 0. The van der Waals surface area contributed by atoms with Gasteiger partial charge in [-0.3, -0.25) is 4.57 Å². The summed E-state index contributed by atoms with van der Waals surface area (Å²) in [6, 6.07) is 11.0. The number of aromatic nitrogens is 1. The standard InChI is InChI=1S/C22H19NO6/c1-12-8-9-16-15(10-19(24)29-20(16)13(12)2)11-27-21(25)14(3)23-17-6-4-5-7-18(17)28-22(23)26/h4-10,14H,11H2,1-3H3. The number of ether oxygens (including phenoxy) is 1. The van der Waals surface area contributed by atoms with Crippen molar-refractivity contribution in [3.8, 4) is 0 Å². The molecule has 0 aliphatic carbocycles. The van der Waals surface area contributed by atoms with Crippen molar-refractivity contribution in [2.24, 2.45) is 0 Å². The van der Waals surface area contributed by atoms with Gasteiger partial charge in [-0.1, -0.05) is 24.3 Å². The van der Waals surface area contributed by atoms with Crippen LogP contribution in [0, 0.1) is 13.8 Å². The molecule has 1 atom stereocenters. The van der Waals surface area contributed by atoms with Crippen molar-refractivity contribution < 1.29 is 18.4 Å². The third-order valence-electron chi connectivity index (χ3n) is 5.13. The fourth-order valence-electron chi connectivity index (χ4n) is 3.37. The topological polar surface area (TPSA) is 91.6 Å². The smallest absolute Gasteiger partial charge is 0.420 e. The van der Waals surface area contributed by atoms with E-state index in [9.17, 15) is 14.4 Å².